The van der Waals surface area contributed by atoms with E-state index in [-0.39, 0.29) is 25.2 Å². The van der Waals surface area contributed by atoms with Crippen molar-refractivity contribution in [1.29, 1.82) is 0 Å². The van der Waals surface area contributed by atoms with Crippen LogP contribution in [0.1, 0.15) is 19.8 Å². The molecule has 0 aliphatic rings. The van der Waals surface area contributed by atoms with Crippen LogP contribution in [0.25, 0.3) is 0 Å². The van der Waals surface area contributed by atoms with Gasteiger partial charge >= 0.3 is 0 Å². The SMILES string of the molecule is CCC(OOCCCN)C(CO)CO. The van der Waals surface area contributed by atoms with Crippen molar-refractivity contribution in [3.63, 3.8) is 0 Å². The van der Waals surface area contributed by atoms with Gasteiger partial charge in [0.2, 0.25) is 0 Å². The van der Waals surface area contributed by atoms with Crippen LogP contribution in [0.3, 0.4) is 0 Å². The fourth-order valence-corrected chi connectivity index (χ4v) is 1.05. The molecule has 0 fully saturated rings. The fourth-order valence-electron chi connectivity index (χ4n) is 1.05. The van der Waals surface area contributed by atoms with Gasteiger partial charge in [0.25, 0.3) is 0 Å². The third-order valence-electron chi connectivity index (χ3n) is 2.02. The summed E-state index contributed by atoms with van der Waals surface area (Å²) in [6, 6.07) is 0. The molecule has 0 aromatic heterocycles. The predicted molar refractivity (Wildman–Crippen MR) is 52.4 cm³/mol. The summed E-state index contributed by atoms with van der Waals surface area (Å²) in [4.78, 5) is 9.97. The molecule has 5 heteroatoms. The van der Waals surface area contributed by atoms with Crippen molar-refractivity contribution < 1.29 is 20.0 Å². The molecule has 0 heterocycles. The van der Waals surface area contributed by atoms with Crippen molar-refractivity contribution in [3.05, 3.63) is 0 Å². The summed E-state index contributed by atoms with van der Waals surface area (Å²) in [5.74, 6) is -0.280. The molecular formula is C9H21NO4. The average molecular weight is 207 g/mol. The number of hydrogen-bond donors (Lipinski definition) is 3. The summed E-state index contributed by atoms with van der Waals surface area (Å²) in [6.45, 7) is 2.71. The highest BCUT2D eigenvalue weighted by atomic mass is 17.2. The zero-order valence-electron chi connectivity index (χ0n) is 8.69. The Morgan fingerprint density at radius 2 is 1.93 bits per heavy atom. The fraction of sp³-hybridized carbons (Fsp3) is 1.00. The second kappa shape index (κ2) is 9.36. The third-order valence-corrected chi connectivity index (χ3v) is 2.02. The van der Waals surface area contributed by atoms with Gasteiger partial charge in [-0.05, 0) is 19.4 Å². The van der Waals surface area contributed by atoms with E-state index in [0.29, 0.717) is 19.6 Å². The van der Waals surface area contributed by atoms with Crippen LogP contribution in [-0.4, -0.2) is 42.7 Å². The maximum Gasteiger partial charge on any atom is 0.0999 e. The number of rotatable bonds is 9. The Bertz CT molecular complexity index is 119. The first-order chi connectivity index (χ1) is 6.79. The molecule has 0 aromatic carbocycles. The molecule has 1 atom stereocenters. The normalized spacial score (nSPS) is 13.5. The van der Waals surface area contributed by atoms with Crippen LogP contribution < -0.4 is 5.73 Å². The maximum atomic E-state index is 8.91. The molecule has 0 amide bonds. The largest absolute Gasteiger partial charge is 0.396 e. The van der Waals surface area contributed by atoms with Crippen molar-refractivity contribution in [2.75, 3.05) is 26.4 Å². The average Bonchev–Trinajstić information content (AvgIpc) is 2.23. The third kappa shape index (κ3) is 5.51. The maximum absolute atomic E-state index is 8.91. The molecule has 0 aromatic rings. The summed E-state index contributed by atoms with van der Waals surface area (Å²) in [6.07, 6.45) is 1.16. The summed E-state index contributed by atoms with van der Waals surface area (Å²) < 4.78 is 0. The van der Waals surface area contributed by atoms with Gasteiger partial charge in [-0.1, -0.05) is 6.92 Å². The zero-order chi connectivity index (χ0) is 10.8. The smallest absolute Gasteiger partial charge is 0.0999 e. The van der Waals surface area contributed by atoms with E-state index in [2.05, 4.69) is 0 Å². The van der Waals surface area contributed by atoms with Gasteiger partial charge in [-0.2, -0.15) is 0 Å². The molecule has 0 spiro atoms. The van der Waals surface area contributed by atoms with Crippen LogP contribution in [0.5, 0.6) is 0 Å². The van der Waals surface area contributed by atoms with Crippen molar-refractivity contribution in [3.8, 4) is 0 Å². The topological polar surface area (TPSA) is 84.9 Å². The van der Waals surface area contributed by atoms with Gasteiger partial charge in [0.05, 0.1) is 25.9 Å². The van der Waals surface area contributed by atoms with Gasteiger partial charge in [-0.15, -0.1) is 0 Å². The van der Waals surface area contributed by atoms with E-state index >= 15 is 0 Å². The number of nitrogens with two attached hydrogens (primary N) is 1. The van der Waals surface area contributed by atoms with Gasteiger partial charge in [-0.3, -0.25) is 0 Å². The number of aliphatic hydroxyl groups is 2. The zero-order valence-corrected chi connectivity index (χ0v) is 8.69. The Labute approximate surface area is 84.7 Å². The Morgan fingerprint density at radius 1 is 1.29 bits per heavy atom. The monoisotopic (exact) mass is 207 g/mol. The molecule has 0 rings (SSSR count). The lowest BCUT2D eigenvalue weighted by atomic mass is 10.0. The highest BCUT2D eigenvalue weighted by Gasteiger charge is 2.20. The molecule has 5 nitrogen and oxygen atoms in total. The minimum absolute atomic E-state index is 0.102. The van der Waals surface area contributed by atoms with Gasteiger partial charge in [0, 0.05) is 5.92 Å². The van der Waals surface area contributed by atoms with E-state index in [9.17, 15) is 0 Å². The standard InChI is InChI=1S/C9H21NO4/c1-2-9(8(6-11)7-12)14-13-5-3-4-10/h8-9,11-12H,2-7,10H2,1H3. The molecule has 0 aliphatic carbocycles. The molecule has 0 saturated heterocycles. The molecule has 0 radical (unpaired) electrons. The van der Waals surface area contributed by atoms with Gasteiger partial charge < -0.3 is 15.9 Å². The first-order valence-corrected chi connectivity index (χ1v) is 5.00. The highest BCUT2D eigenvalue weighted by Crippen LogP contribution is 2.11. The summed E-state index contributed by atoms with van der Waals surface area (Å²) in [7, 11) is 0. The first-order valence-electron chi connectivity index (χ1n) is 5.00. The molecule has 86 valence electrons. The molecule has 0 aliphatic heterocycles. The van der Waals surface area contributed by atoms with Crippen molar-refractivity contribution in [2.45, 2.75) is 25.9 Å². The quantitative estimate of drug-likeness (QED) is 0.274. The lowest BCUT2D eigenvalue weighted by Gasteiger charge is -2.21. The van der Waals surface area contributed by atoms with E-state index in [1.807, 2.05) is 6.92 Å². The Kier molecular flexibility index (Phi) is 9.23. The Hall–Kier alpha value is -0.200. The highest BCUT2D eigenvalue weighted by molar-refractivity contribution is 4.65. The van der Waals surface area contributed by atoms with Crippen LogP contribution in [0.2, 0.25) is 0 Å². The van der Waals surface area contributed by atoms with E-state index in [0.717, 1.165) is 6.42 Å². The Balaban J connectivity index is 3.65. The van der Waals surface area contributed by atoms with Crippen molar-refractivity contribution in [2.24, 2.45) is 11.7 Å². The summed E-state index contributed by atoms with van der Waals surface area (Å²) in [5, 5.41) is 17.8. The molecule has 1 unspecified atom stereocenters. The van der Waals surface area contributed by atoms with Gasteiger partial charge in [0.1, 0.15) is 0 Å². The van der Waals surface area contributed by atoms with Gasteiger partial charge in [-0.25, -0.2) is 9.78 Å². The number of hydrogen-bond acceptors (Lipinski definition) is 5. The van der Waals surface area contributed by atoms with Crippen LogP contribution in [0, 0.1) is 5.92 Å². The lowest BCUT2D eigenvalue weighted by molar-refractivity contribution is -0.336. The summed E-state index contributed by atoms with van der Waals surface area (Å²) >= 11 is 0. The van der Waals surface area contributed by atoms with Crippen molar-refractivity contribution >= 4 is 0 Å². The van der Waals surface area contributed by atoms with Crippen LogP contribution >= 0.6 is 0 Å². The second-order valence-electron chi connectivity index (χ2n) is 3.13. The van der Waals surface area contributed by atoms with Crippen LogP contribution in [0.4, 0.5) is 0 Å². The predicted octanol–water partition coefficient (Wildman–Crippen LogP) is -0.337. The summed E-state index contributed by atoms with van der Waals surface area (Å²) in [5.41, 5.74) is 5.27. The second-order valence-corrected chi connectivity index (χ2v) is 3.13. The van der Waals surface area contributed by atoms with Crippen LogP contribution in [0.15, 0.2) is 0 Å². The minimum Gasteiger partial charge on any atom is -0.396 e. The van der Waals surface area contributed by atoms with E-state index in [1.165, 1.54) is 0 Å². The Morgan fingerprint density at radius 3 is 2.36 bits per heavy atom. The lowest BCUT2D eigenvalue weighted by Crippen LogP contribution is -2.29. The van der Waals surface area contributed by atoms with Crippen LogP contribution in [-0.2, 0) is 9.78 Å². The molecule has 0 saturated carbocycles. The minimum atomic E-state index is -0.280. The van der Waals surface area contributed by atoms with E-state index in [4.69, 9.17) is 25.7 Å². The van der Waals surface area contributed by atoms with E-state index < -0.39 is 0 Å². The van der Waals surface area contributed by atoms with Gasteiger partial charge in [0.15, 0.2) is 0 Å². The van der Waals surface area contributed by atoms with Crippen molar-refractivity contribution in [1.82, 2.24) is 0 Å². The molecular weight excluding hydrogens is 186 g/mol. The molecule has 4 N–H and O–H groups in total. The first kappa shape index (κ1) is 13.8. The molecule has 0 bridgehead atoms. The molecule has 14 heavy (non-hydrogen) atoms. The van der Waals surface area contributed by atoms with E-state index in [1.54, 1.807) is 0 Å². The number of aliphatic hydroxyl groups excluding tert-OH is 2.